The first-order valence-corrected chi connectivity index (χ1v) is 9.17. The van der Waals surface area contributed by atoms with Crippen LogP contribution in [0.2, 0.25) is 4.34 Å². The second-order valence-corrected chi connectivity index (χ2v) is 8.13. The van der Waals surface area contributed by atoms with Crippen molar-refractivity contribution in [1.82, 2.24) is 4.72 Å². The Kier molecular flexibility index (Phi) is 4.93. The van der Waals surface area contributed by atoms with Crippen molar-refractivity contribution in [2.75, 3.05) is 5.73 Å². The lowest BCUT2D eigenvalue weighted by atomic mass is 10.1. The minimum Gasteiger partial charge on any atom is -0.399 e. The van der Waals surface area contributed by atoms with E-state index in [2.05, 4.69) is 4.72 Å². The minimum atomic E-state index is -3.63. The topological polar surface area (TPSA) is 72.2 Å². The number of hydrogen-bond donors (Lipinski definition) is 2. The molecule has 0 aliphatic carbocycles. The summed E-state index contributed by atoms with van der Waals surface area (Å²) in [5.41, 5.74) is 6.89. The lowest BCUT2D eigenvalue weighted by Crippen LogP contribution is -2.27. The van der Waals surface area contributed by atoms with Crippen molar-refractivity contribution in [3.63, 3.8) is 0 Å². The molecule has 0 saturated heterocycles. The number of aryl methyl sites for hydroxylation is 1. The first-order valence-electron chi connectivity index (χ1n) is 6.49. The van der Waals surface area contributed by atoms with Gasteiger partial charge in [-0.05, 0) is 43.2 Å². The molecule has 1 aromatic heterocycles. The summed E-state index contributed by atoms with van der Waals surface area (Å²) in [4.78, 5) is 1.10. The third kappa shape index (κ3) is 3.77. The van der Waals surface area contributed by atoms with Crippen LogP contribution in [0.25, 0.3) is 0 Å². The highest BCUT2D eigenvalue weighted by molar-refractivity contribution is 7.89. The first kappa shape index (κ1) is 16.3. The van der Waals surface area contributed by atoms with Gasteiger partial charge in [0, 0.05) is 10.6 Å². The monoisotopic (exact) mass is 344 g/mol. The molecule has 0 saturated carbocycles. The van der Waals surface area contributed by atoms with E-state index in [1.807, 2.05) is 13.0 Å². The van der Waals surface area contributed by atoms with Gasteiger partial charge < -0.3 is 5.73 Å². The molecule has 1 unspecified atom stereocenters. The zero-order valence-corrected chi connectivity index (χ0v) is 14.1. The van der Waals surface area contributed by atoms with Crippen molar-refractivity contribution in [3.8, 4) is 0 Å². The molecule has 0 bridgehead atoms. The molecule has 21 heavy (non-hydrogen) atoms. The van der Waals surface area contributed by atoms with Crippen molar-refractivity contribution in [3.05, 3.63) is 45.1 Å². The van der Waals surface area contributed by atoms with Gasteiger partial charge in [-0.1, -0.05) is 24.6 Å². The van der Waals surface area contributed by atoms with E-state index >= 15 is 0 Å². The summed E-state index contributed by atoms with van der Waals surface area (Å²) in [6.45, 7) is 3.70. The first-order chi connectivity index (χ1) is 9.83. The summed E-state index contributed by atoms with van der Waals surface area (Å²) < 4.78 is 28.4. The fourth-order valence-electron chi connectivity index (χ4n) is 2.03. The number of sulfonamides is 1. The largest absolute Gasteiger partial charge is 0.399 e. The fourth-order valence-corrected chi connectivity index (χ4v) is 4.73. The average Bonchev–Trinajstić information content (AvgIpc) is 2.85. The van der Waals surface area contributed by atoms with Crippen LogP contribution in [0, 0.1) is 0 Å². The number of thiophene rings is 1. The molecule has 114 valence electrons. The number of benzene rings is 1. The van der Waals surface area contributed by atoms with Crippen LogP contribution in [0.15, 0.2) is 35.2 Å². The van der Waals surface area contributed by atoms with E-state index < -0.39 is 10.0 Å². The van der Waals surface area contributed by atoms with Gasteiger partial charge in [0.25, 0.3) is 0 Å². The number of nitrogen functional groups attached to an aromatic ring is 1. The lowest BCUT2D eigenvalue weighted by Gasteiger charge is -2.15. The molecule has 0 aliphatic rings. The maximum absolute atomic E-state index is 12.6. The van der Waals surface area contributed by atoms with Gasteiger partial charge in [0.15, 0.2) is 0 Å². The third-order valence-corrected chi connectivity index (χ3v) is 6.15. The molecular weight excluding hydrogens is 328 g/mol. The molecule has 3 N–H and O–H groups in total. The molecule has 0 amide bonds. The molecule has 0 spiro atoms. The molecule has 0 aliphatic heterocycles. The molecule has 1 aromatic carbocycles. The minimum absolute atomic E-state index is 0.236. The van der Waals surface area contributed by atoms with E-state index in [1.165, 1.54) is 17.4 Å². The van der Waals surface area contributed by atoms with E-state index in [4.69, 9.17) is 17.3 Å². The molecule has 2 aromatic rings. The Balaban J connectivity index is 2.32. The molecule has 4 nitrogen and oxygen atoms in total. The number of anilines is 1. The van der Waals surface area contributed by atoms with Crippen LogP contribution in [0.4, 0.5) is 5.69 Å². The highest BCUT2D eigenvalue weighted by atomic mass is 35.5. The molecule has 2 rings (SSSR count). The predicted octanol–water partition coefficient (Wildman–Crippen LogP) is 3.59. The van der Waals surface area contributed by atoms with Gasteiger partial charge in [-0.25, -0.2) is 13.1 Å². The van der Waals surface area contributed by atoms with Crippen molar-refractivity contribution in [2.45, 2.75) is 31.2 Å². The maximum atomic E-state index is 12.6. The highest BCUT2D eigenvalue weighted by Gasteiger charge is 2.22. The van der Waals surface area contributed by atoms with Crippen LogP contribution in [0.5, 0.6) is 0 Å². The van der Waals surface area contributed by atoms with Gasteiger partial charge in [0.1, 0.15) is 0 Å². The smallest absolute Gasteiger partial charge is 0.241 e. The Bertz CT molecular complexity index is 741. The van der Waals surface area contributed by atoms with Crippen LogP contribution in [-0.4, -0.2) is 8.42 Å². The Morgan fingerprint density at radius 2 is 2.05 bits per heavy atom. The normalized spacial score (nSPS) is 13.3. The van der Waals surface area contributed by atoms with Crippen molar-refractivity contribution >= 4 is 38.6 Å². The molecule has 0 radical (unpaired) electrons. The van der Waals surface area contributed by atoms with Gasteiger partial charge in [0.2, 0.25) is 10.0 Å². The highest BCUT2D eigenvalue weighted by Crippen LogP contribution is 2.28. The lowest BCUT2D eigenvalue weighted by molar-refractivity contribution is 0.567. The molecule has 1 heterocycles. The Morgan fingerprint density at radius 3 is 2.62 bits per heavy atom. The van der Waals surface area contributed by atoms with Gasteiger partial charge in [-0.3, -0.25) is 0 Å². The average molecular weight is 345 g/mol. The summed E-state index contributed by atoms with van der Waals surface area (Å²) in [5, 5.41) is 0. The summed E-state index contributed by atoms with van der Waals surface area (Å²) in [7, 11) is -3.63. The Labute approximate surface area is 134 Å². The summed E-state index contributed by atoms with van der Waals surface area (Å²) in [6, 6.07) is 8.18. The number of nitrogens with one attached hydrogen (secondary N) is 1. The van der Waals surface area contributed by atoms with Crippen molar-refractivity contribution < 1.29 is 8.42 Å². The predicted molar refractivity (Wildman–Crippen MR) is 88.3 cm³/mol. The van der Waals surface area contributed by atoms with E-state index in [9.17, 15) is 8.42 Å². The Hall–Kier alpha value is -1.08. The van der Waals surface area contributed by atoms with E-state index in [1.54, 1.807) is 25.1 Å². The van der Waals surface area contributed by atoms with Crippen molar-refractivity contribution in [2.24, 2.45) is 0 Å². The van der Waals surface area contributed by atoms with E-state index in [0.717, 1.165) is 10.4 Å². The maximum Gasteiger partial charge on any atom is 0.241 e. The van der Waals surface area contributed by atoms with Gasteiger partial charge in [-0.2, -0.15) is 0 Å². The molecule has 7 heteroatoms. The zero-order valence-electron chi connectivity index (χ0n) is 11.8. The Morgan fingerprint density at radius 1 is 1.33 bits per heavy atom. The van der Waals surface area contributed by atoms with Gasteiger partial charge in [0.05, 0.1) is 15.3 Å². The second kappa shape index (κ2) is 6.36. The van der Waals surface area contributed by atoms with Crippen LogP contribution >= 0.6 is 22.9 Å². The van der Waals surface area contributed by atoms with Crippen LogP contribution in [0.1, 0.15) is 30.3 Å². The quantitative estimate of drug-likeness (QED) is 0.814. The van der Waals surface area contributed by atoms with Crippen molar-refractivity contribution in [1.29, 1.82) is 0 Å². The van der Waals surface area contributed by atoms with E-state index in [-0.39, 0.29) is 10.9 Å². The number of rotatable bonds is 5. The summed E-state index contributed by atoms with van der Waals surface area (Å²) in [6.07, 6.45) is 0.621. The molecular formula is C14H17ClN2O2S2. The third-order valence-electron chi connectivity index (χ3n) is 3.11. The molecule has 1 atom stereocenters. The number of halogens is 1. The van der Waals surface area contributed by atoms with E-state index in [0.29, 0.717) is 16.4 Å². The zero-order chi connectivity index (χ0) is 15.6. The summed E-state index contributed by atoms with van der Waals surface area (Å²) in [5.74, 6) is 0. The van der Waals surface area contributed by atoms with Gasteiger partial charge in [-0.15, -0.1) is 11.3 Å². The van der Waals surface area contributed by atoms with Crippen LogP contribution < -0.4 is 10.5 Å². The number of nitrogens with two attached hydrogens (primary N) is 1. The standard InChI is InChI=1S/C14H17ClN2O2S2/c1-3-10-4-5-11(16)8-13(10)21(18,19)17-9(2)12-6-7-14(15)20-12/h4-9,17H,3,16H2,1-2H3. The second-order valence-electron chi connectivity index (χ2n) is 4.71. The van der Waals surface area contributed by atoms with Crippen LogP contribution in [0.3, 0.4) is 0 Å². The summed E-state index contributed by atoms with van der Waals surface area (Å²) >= 11 is 7.24. The SMILES string of the molecule is CCc1ccc(N)cc1S(=O)(=O)NC(C)c1ccc(Cl)s1. The fraction of sp³-hybridized carbons (Fsp3) is 0.286. The number of hydrogen-bond acceptors (Lipinski definition) is 4. The van der Waals surface area contributed by atoms with Gasteiger partial charge >= 0.3 is 0 Å². The van der Waals surface area contributed by atoms with Crippen LogP contribution in [-0.2, 0) is 16.4 Å². The molecule has 0 fully saturated rings.